The molecule has 2 amide bonds. The Labute approximate surface area is 179 Å². The van der Waals surface area contributed by atoms with E-state index in [4.69, 9.17) is 9.47 Å². The highest BCUT2D eigenvalue weighted by molar-refractivity contribution is 6.07. The number of nitrogens with zero attached hydrogens (tertiary/aromatic N) is 1. The Balaban J connectivity index is 1.36. The van der Waals surface area contributed by atoms with Crippen molar-refractivity contribution in [3.63, 3.8) is 0 Å². The van der Waals surface area contributed by atoms with Crippen LogP contribution in [0.4, 0.5) is 15.8 Å². The van der Waals surface area contributed by atoms with Crippen LogP contribution in [0.15, 0.2) is 48.0 Å². The molecule has 0 aromatic heterocycles. The maximum Gasteiger partial charge on any atom is 0.255 e. The summed E-state index contributed by atoms with van der Waals surface area (Å²) in [6.45, 7) is 3.62. The van der Waals surface area contributed by atoms with E-state index in [0.29, 0.717) is 31.0 Å². The molecule has 7 nitrogen and oxygen atoms in total. The lowest BCUT2D eigenvalue weighted by Gasteiger charge is -2.26. The molecule has 0 aliphatic carbocycles. The Morgan fingerprint density at radius 1 is 1.06 bits per heavy atom. The molecule has 1 fully saturated rings. The van der Waals surface area contributed by atoms with Gasteiger partial charge >= 0.3 is 0 Å². The number of para-hydroxylation sites is 1. The summed E-state index contributed by atoms with van der Waals surface area (Å²) in [4.78, 5) is 27.0. The number of morpholine rings is 1. The number of hydrogen-bond acceptors (Lipinski definition) is 5. The molecule has 1 saturated heterocycles. The molecule has 2 aliphatic heterocycles. The fourth-order valence-corrected chi connectivity index (χ4v) is 3.45. The highest BCUT2D eigenvalue weighted by Gasteiger charge is 2.18. The molecule has 0 radical (unpaired) electrons. The van der Waals surface area contributed by atoms with Crippen LogP contribution >= 0.6 is 0 Å². The highest BCUT2D eigenvalue weighted by Crippen LogP contribution is 2.27. The monoisotopic (exact) mass is 425 g/mol. The van der Waals surface area contributed by atoms with Crippen molar-refractivity contribution in [3.05, 3.63) is 59.4 Å². The highest BCUT2D eigenvalue weighted by atomic mass is 19.1. The van der Waals surface area contributed by atoms with Gasteiger partial charge in [-0.2, -0.15) is 0 Å². The van der Waals surface area contributed by atoms with Crippen molar-refractivity contribution in [3.8, 4) is 5.75 Å². The van der Waals surface area contributed by atoms with Gasteiger partial charge in [-0.05, 0) is 30.3 Å². The van der Waals surface area contributed by atoms with Gasteiger partial charge in [0.2, 0.25) is 5.91 Å². The number of carbonyl (C=O) groups is 2. The van der Waals surface area contributed by atoms with Crippen molar-refractivity contribution in [2.75, 3.05) is 50.1 Å². The zero-order chi connectivity index (χ0) is 21.6. The number of fused-ring (bicyclic) bond motifs is 1. The van der Waals surface area contributed by atoms with Crippen molar-refractivity contribution in [1.82, 2.24) is 4.90 Å². The third kappa shape index (κ3) is 5.48. The first-order chi connectivity index (χ1) is 15.1. The Hall–Kier alpha value is -3.23. The number of nitrogens with one attached hydrogen (secondary N) is 2. The van der Waals surface area contributed by atoms with Crippen molar-refractivity contribution in [2.24, 2.45) is 0 Å². The Morgan fingerprint density at radius 3 is 2.71 bits per heavy atom. The van der Waals surface area contributed by atoms with Gasteiger partial charge in [-0.25, -0.2) is 4.39 Å². The maximum absolute atomic E-state index is 14.2. The van der Waals surface area contributed by atoms with Crippen LogP contribution < -0.4 is 15.4 Å². The summed E-state index contributed by atoms with van der Waals surface area (Å²) < 4.78 is 25.1. The number of ether oxygens (including phenoxy) is 2. The lowest BCUT2D eigenvalue weighted by atomic mass is 10.1. The quantitative estimate of drug-likeness (QED) is 0.744. The lowest BCUT2D eigenvalue weighted by molar-refractivity contribution is -0.116. The summed E-state index contributed by atoms with van der Waals surface area (Å²) in [6.07, 6.45) is 2.02. The second kappa shape index (κ2) is 9.72. The topological polar surface area (TPSA) is 79.9 Å². The number of hydrogen-bond donors (Lipinski definition) is 2. The van der Waals surface area contributed by atoms with Crippen LogP contribution in [0.3, 0.4) is 0 Å². The zero-order valence-electron chi connectivity index (χ0n) is 17.0. The van der Waals surface area contributed by atoms with Crippen LogP contribution in [-0.2, 0) is 14.3 Å². The van der Waals surface area contributed by atoms with Gasteiger partial charge in [-0.15, -0.1) is 0 Å². The normalized spacial score (nSPS) is 16.0. The predicted molar refractivity (Wildman–Crippen MR) is 115 cm³/mol. The van der Waals surface area contributed by atoms with E-state index >= 15 is 0 Å². The fourth-order valence-electron chi connectivity index (χ4n) is 3.45. The van der Waals surface area contributed by atoms with Crippen molar-refractivity contribution in [2.45, 2.75) is 6.42 Å². The summed E-state index contributed by atoms with van der Waals surface area (Å²) in [7, 11) is 0. The first-order valence-electron chi connectivity index (χ1n) is 10.2. The van der Waals surface area contributed by atoms with Crippen molar-refractivity contribution < 1.29 is 23.5 Å². The number of carbonyl (C=O) groups excluding carboxylic acids is 2. The first kappa shape index (κ1) is 21.0. The largest absolute Gasteiger partial charge is 0.488 e. The molecule has 2 aromatic rings. The van der Waals surface area contributed by atoms with Gasteiger partial charge in [-0.1, -0.05) is 18.2 Å². The molecule has 162 valence electrons. The molecule has 2 aliphatic rings. The van der Waals surface area contributed by atoms with Crippen LogP contribution in [0.5, 0.6) is 5.75 Å². The van der Waals surface area contributed by atoms with Crippen LogP contribution in [0.2, 0.25) is 0 Å². The number of rotatable bonds is 6. The van der Waals surface area contributed by atoms with Crippen LogP contribution in [0.1, 0.15) is 12.0 Å². The van der Waals surface area contributed by atoms with Gasteiger partial charge in [-0.3, -0.25) is 14.5 Å². The number of amides is 2. The molecule has 2 aromatic carbocycles. The van der Waals surface area contributed by atoms with E-state index in [2.05, 4.69) is 15.5 Å². The van der Waals surface area contributed by atoms with Gasteiger partial charge in [0.15, 0.2) is 0 Å². The zero-order valence-corrected chi connectivity index (χ0v) is 17.0. The molecule has 0 bridgehead atoms. The summed E-state index contributed by atoms with van der Waals surface area (Å²) in [5, 5.41) is 5.33. The van der Waals surface area contributed by atoms with Crippen LogP contribution in [0, 0.1) is 5.82 Å². The van der Waals surface area contributed by atoms with Gasteiger partial charge in [0, 0.05) is 37.3 Å². The summed E-state index contributed by atoms with van der Waals surface area (Å²) in [6, 6.07) is 11.5. The average Bonchev–Trinajstić information content (AvgIpc) is 2.80. The molecule has 0 saturated carbocycles. The number of benzene rings is 2. The van der Waals surface area contributed by atoms with Crippen molar-refractivity contribution in [1.29, 1.82) is 0 Å². The van der Waals surface area contributed by atoms with Gasteiger partial charge in [0.05, 0.1) is 24.5 Å². The molecule has 4 rings (SSSR count). The number of halogens is 1. The minimum atomic E-state index is -0.563. The van der Waals surface area contributed by atoms with E-state index < -0.39 is 5.82 Å². The van der Waals surface area contributed by atoms with Crippen molar-refractivity contribution >= 4 is 29.3 Å². The maximum atomic E-state index is 14.2. The van der Waals surface area contributed by atoms with E-state index in [1.54, 1.807) is 6.08 Å². The minimum absolute atomic E-state index is 0.0315. The number of anilines is 2. The van der Waals surface area contributed by atoms with Gasteiger partial charge < -0.3 is 20.1 Å². The Morgan fingerprint density at radius 2 is 1.87 bits per heavy atom. The Kier molecular flexibility index (Phi) is 6.59. The third-order valence-corrected chi connectivity index (χ3v) is 5.18. The molecule has 8 heteroatoms. The molecule has 0 spiro atoms. The third-order valence-electron chi connectivity index (χ3n) is 5.18. The Bertz CT molecular complexity index is 1000. The summed E-state index contributed by atoms with van der Waals surface area (Å²) in [5.41, 5.74) is 1.70. The second-order valence-corrected chi connectivity index (χ2v) is 7.40. The molecular weight excluding hydrogens is 401 g/mol. The van der Waals surface area contributed by atoms with Gasteiger partial charge in [0.1, 0.15) is 18.2 Å². The van der Waals surface area contributed by atoms with E-state index in [-0.39, 0.29) is 30.5 Å². The van der Waals surface area contributed by atoms with Gasteiger partial charge in [0.25, 0.3) is 5.91 Å². The summed E-state index contributed by atoms with van der Waals surface area (Å²) in [5.74, 6) is -0.464. The van der Waals surface area contributed by atoms with E-state index in [9.17, 15) is 14.0 Å². The summed E-state index contributed by atoms with van der Waals surface area (Å²) >= 11 is 0. The molecule has 2 heterocycles. The first-order valence-corrected chi connectivity index (χ1v) is 10.2. The van der Waals surface area contributed by atoms with E-state index in [1.807, 2.05) is 24.3 Å². The SMILES string of the molecule is O=C(CCN1CCOCC1)Nc1cc(NC(=O)C2=Cc3ccccc3OC2)ccc1F. The fraction of sp³-hybridized carbons (Fsp3) is 0.304. The minimum Gasteiger partial charge on any atom is -0.488 e. The average molecular weight is 425 g/mol. The standard InChI is InChI=1S/C23H24FN3O4/c24-19-6-5-18(14-20(19)26-22(28)7-8-27-9-11-30-12-10-27)25-23(29)17-13-16-3-1-2-4-21(16)31-15-17/h1-6,13-14H,7-12,15H2,(H,25,29)(H,26,28). The molecule has 0 atom stereocenters. The van der Waals surface area contributed by atoms with Crippen LogP contribution in [-0.4, -0.2) is 56.2 Å². The molecule has 2 N–H and O–H groups in total. The van der Waals surface area contributed by atoms with Crippen LogP contribution in [0.25, 0.3) is 6.08 Å². The van der Waals surface area contributed by atoms with E-state index in [1.165, 1.54) is 18.2 Å². The smallest absolute Gasteiger partial charge is 0.255 e. The second-order valence-electron chi connectivity index (χ2n) is 7.40. The molecule has 0 unspecified atom stereocenters. The van der Waals surface area contributed by atoms with E-state index in [0.717, 1.165) is 24.4 Å². The lowest BCUT2D eigenvalue weighted by Crippen LogP contribution is -2.38. The molecule has 31 heavy (non-hydrogen) atoms. The molecular formula is C23H24FN3O4. The predicted octanol–water partition coefficient (Wildman–Crippen LogP) is 2.90.